The summed E-state index contributed by atoms with van der Waals surface area (Å²) in [6.07, 6.45) is 5.84. The van der Waals surface area contributed by atoms with Crippen LogP contribution in [0.2, 0.25) is 0 Å². The van der Waals surface area contributed by atoms with Crippen LogP contribution in [0.1, 0.15) is 32.1 Å². The normalized spacial score (nSPS) is 22.5. The van der Waals surface area contributed by atoms with E-state index in [2.05, 4.69) is 11.8 Å². The van der Waals surface area contributed by atoms with Gasteiger partial charge in [0.25, 0.3) is 0 Å². The fraction of sp³-hybridized carbons (Fsp3) is 0.900. The molecule has 0 aromatic carbocycles. The van der Waals surface area contributed by atoms with E-state index in [1.54, 1.807) is 0 Å². The van der Waals surface area contributed by atoms with E-state index >= 15 is 0 Å². The summed E-state index contributed by atoms with van der Waals surface area (Å²) < 4.78 is 0. The van der Waals surface area contributed by atoms with Crippen molar-refractivity contribution in [3.63, 3.8) is 0 Å². The van der Waals surface area contributed by atoms with Gasteiger partial charge in [-0.2, -0.15) is 0 Å². The first kappa shape index (κ1) is 10.0. The maximum absolute atomic E-state index is 8.84. The van der Waals surface area contributed by atoms with Gasteiger partial charge in [-0.3, -0.25) is 0 Å². The molecule has 2 nitrogen and oxygen atoms in total. The van der Waals surface area contributed by atoms with E-state index in [0.29, 0.717) is 12.6 Å². The molecule has 1 heterocycles. The fourth-order valence-electron chi connectivity index (χ4n) is 1.94. The van der Waals surface area contributed by atoms with Gasteiger partial charge in [-0.25, -0.2) is 0 Å². The van der Waals surface area contributed by atoms with Crippen LogP contribution in [0.3, 0.4) is 0 Å². The van der Waals surface area contributed by atoms with Crippen LogP contribution in [-0.4, -0.2) is 35.7 Å². The number of hydrogen-bond donors (Lipinski definition) is 1. The Bertz CT molecular complexity index is 108. The first-order valence-electron chi connectivity index (χ1n) is 5.02. The molecule has 1 N–H and O–H groups in total. The minimum Gasteiger partial charge on any atom is -0.396 e. The molecule has 0 aromatic heterocycles. The summed E-state index contributed by atoms with van der Waals surface area (Å²) in [7, 11) is 0. The Morgan fingerprint density at radius 1 is 1.25 bits per heavy atom. The van der Waals surface area contributed by atoms with Crippen molar-refractivity contribution in [2.75, 3.05) is 19.7 Å². The van der Waals surface area contributed by atoms with Crippen LogP contribution in [0.5, 0.6) is 0 Å². The minimum absolute atomic E-state index is 0.302. The highest BCUT2D eigenvalue weighted by atomic mass is 16.3. The third kappa shape index (κ3) is 2.76. The van der Waals surface area contributed by atoms with Crippen LogP contribution >= 0.6 is 0 Å². The molecule has 12 heavy (non-hydrogen) atoms. The molecule has 0 saturated carbocycles. The molecule has 1 radical (unpaired) electrons. The Morgan fingerprint density at radius 3 is 2.42 bits per heavy atom. The highest BCUT2D eigenvalue weighted by Crippen LogP contribution is 2.15. The van der Waals surface area contributed by atoms with Gasteiger partial charge in [-0.15, -0.1) is 0 Å². The van der Waals surface area contributed by atoms with Crippen molar-refractivity contribution >= 4 is 0 Å². The van der Waals surface area contributed by atoms with Crippen molar-refractivity contribution in [3.8, 4) is 0 Å². The number of piperidine rings is 1. The third-order valence-corrected chi connectivity index (χ3v) is 2.70. The summed E-state index contributed by atoms with van der Waals surface area (Å²) in [6.45, 7) is 6.65. The molecule has 1 rings (SSSR count). The van der Waals surface area contributed by atoms with E-state index in [-0.39, 0.29) is 0 Å². The molecular weight excluding hydrogens is 150 g/mol. The largest absolute Gasteiger partial charge is 0.396 e. The molecular formula is C10H20NO. The first-order chi connectivity index (χ1) is 5.88. The van der Waals surface area contributed by atoms with Gasteiger partial charge in [0.1, 0.15) is 0 Å². The highest BCUT2D eigenvalue weighted by Gasteiger charge is 2.17. The molecule has 0 aromatic rings. The van der Waals surface area contributed by atoms with Crippen LogP contribution in [0, 0.1) is 6.92 Å². The molecule has 0 aliphatic carbocycles. The number of aliphatic hydroxyl groups is 1. The first-order valence-corrected chi connectivity index (χ1v) is 5.02. The van der Waals surface area contributed by atoms with Crippen LogP contribution in [0.25, 0.3) is 0 Å². The maximum atomic E-state index is 8.84. The minimum atomic E-state index is 0.302. The SMILES string of the molecule is [CH2]CC(CCO)N1CCCCC1. The quantitative estimate of drug-likeness (QED) is 0.690. The molecule has 1 aliphatic rings. The topological polar surface area (TPSA) is 23.5 Å². The van der Waals surface area contributed by atoms with Crippen molar-refractivity contribution in [1.29, 1.82) is 0 Å². The zero-order valence-electron chi connectivity index (χ0n) is 7.84. The molecule has 0 amide bonds. The molecule has 0 spiro atoms. The monoisotopic (exact) mass is 170 g/mol. The van der Waals surface area contributed by atoms with Crippen LogP contribution < -0.4 is 0 Å². The van der Waals surface area contributed by atoms with E-state index in [1.807, 2.05) is 0 Å². The van der Waals surface area contributed by atoms with Gasteiger partial charge in [0.15, 0.2) is 0 Å². The van der Waals surface area contributed by atoms with Gasteiger partial charge in [0, 0.05) is 12.6 Å². The van der Waals surface area contributed by atoms with E-state index in [4.69, 9.17) is 5.11 Å². The molecule has 2 heteroatoms. The van der Waals surface area contributed by atoms with Crippen LogP contribution in [0.4, 0.5) is 0 Å². The number of likely N-dealkylation sites (tertiary alicyclic amines) is 1. The lowest BCUT2D eigenvalue weighted by molar-refractivity contribution is 0.134. The standard InChI is InChI=1S/C10H20NO/c1-2-10(6-9-12)11-7-4-3-5-8-11/h10,12H,1-9H2. The highest BCUT2D eigenvalue weighted by molar-refractivity contribution is 4.75. The summed E-state index contributed by atoms with van der Waals surface area (Å²) >= 11 is 0. The van der Waals surface area contributed by atoms with Crippen molar-refractivity contribution in [2.24, 2.45) is 0 Å². The Hall–Kier alpha value is -0.0800. The number of aliphatic hydroxyl groups excluding tert-OH is 1. The molecule has 1 atom stereocenters. The summed E-state index contributed by atoms with van der Waals surface area (Å²) in [5.41, 5.74) is 0. The second-order valence-electron chi connectivity index (χ2n) is 3.55. The van der Waals surface area contributed by atoms with Gasteiger partial charge in [-0.05, 0) is 38.8 Å². The van der Waals surface area contributed by atoms with Crippen LogP contribution in [-0.2, 0) is 0 Å². The second-order valence-corrected chi connectivity index (χ2v) is 3.55. The number of rotatable bonds is 4. The fourth-order valence-corrected chi connectivity index (χ4v) is 1.94. The summed E-state index contributed by atoms with van der Waals surface area (Å²) in [4.78, 5) is 2.48. The Morgan fingerprint density at radius 2 is 1.92 bits per heavy atom. The third-order valence-electron chi connectivity index (χ3n) is 2.70. The molecule has 1 fully saturated rings. The zero-order valence-corrected chi connectivity index (χ0v) is 7.84. The lowest BCUT2D eigenvalue weighted by Gasteiger charge is -2.33. The van der Waals surface area contributed by atoms with Crippen molar-refractivity contribution in [2.45, 2.75) is 38.1 Å². The summed E-state index contributed by atoms with van der Waals surface area (Å²) in [5.74, 6) is 0. The van der Waals surface area contributed by atoms with E-state index in [9.17, 15) is 0 Å². The summed E-state index contributed by atoms with van der Waals surface area (Å²) in [5, 5.41) is 8.84. The van der Waals surface area contributed by atoms with Gasteiger partial charge in [0.2, 0.25) is 0 Å². The Balaban J connectivity index is 2.29. The van der Waals surface area contributed by atoms with Gasteiger partial charge >= 0.3 is 0 Å². The predicted molar refractivity (Wildman–Crippen MR) is 50.9 cm³/mol. The Labute approximate surface area is 75.6 Å². The van der Waals surface area contributed by atoms with E-state index in [1.165, 1.54) is 32.4 Å². The lowest BCUT2D eigenvalue weighted by atomic mass is 10.0. The molecule has 1 aliphatic heterocycles. The van der Waals surface area contributed by atoms with Crippen molar-refractivity contribution < 1.29 is 5.11 Å². The second kappa shape index (κ2) is 5.55. The van der Waals surface area contributed by atoms with Gasteiger partial charge < -0.3 is 10.0 Å². The van der Waals surface area contributed by atoms with Crippen molar-refractivity contribution in [3.05, 3.63) is 6.92 Å². The van der Waals surface area contributed by atoms with E-state index in [0.717, 1.165) is 12.8 Å². The van der Waals surface area contributed by atoms with Crippen molar-refractivity contribution in [1.82, 2.24) is 4.90 Å². The number of hydrogen-bond acceptors (Lipinski definition) is 2. The van der Waals surface area contributed by atoms with E-state index < -0.39 is 0 Å². The van der Waals surface area contributed by atoms with Crippen LogP contribution in [0.15, 0.2) is 0 Å². The molecule has 0 bridgehead atoms. The summed E-state index contributed by atoms with van der Waals surface area (Å²) in [6, 6.07) is 0.523. The average molecular weight is 170 g/mol. The average Bonchev–Trinajstić information content (AvgIpc) is 2.15. The number of nitrogens with zero attached hydrogens (tertiary/aromatic N) is 1. The smallest absolute Gasteiger partial charge is 0.0445 e. The zero-order chi connectivity index (χ0) is 8.81. The maximum Gasteiger partial charge on any atom is 0.0445 e. The lowest BCUT2D eigenvalue weighted by Crippen LogP contribution is -2.39. The Kier molecular flexibility index (Phi) is 4.62. The van der Waals surface area contributed by atoms with Gasteiger partial charge in [0.05, 0.1) is 0 Å². The van der Waals surface area contributed by atoms with Gasteiger partial charge in [-0.1, -0.05) is 13.3 Å². The molecule has 1 unspecified atom stereocenters. The molecule has 1 saturated heterocycles. The molecule has 71 valence electrons. The predicted octanol–water partition coefficient (Wildman–Crippen LogP) is 1.45.